The van der Waals surface area contributed by atoms with Gasteiger partial charge in [-0.2, -0.15) is 0 Å². The highest BCUT2D eigenvalue weighted by molar-refractivity contribution is 14.1. The van der Waals surface area contributed by atoms with Crippen LogP contribution in [-0.4, -0.2) is 18.9 Å². The van der Waals surface area contributed by atoms with Crippen LogP contribution in [0.1, 0.15) is 10.4 Å². The van der Waals surface area contributed by atoms with Crippen molar-refractivity contribution in [1.82, 2.24) is 5.32 Å². The molecule has 0 bridgehead atoms. The number of benzene rings is 1. The van der Waals surface area contributed by atoms with Gasteiger partial charge < -0.3 is 5.32 Å². The van der Waals surface area contributed by atoms with E-state index in [1.165, 1.54) is 12.1 Å². The van der Waals surface area contributed by atoms with E-state index in [0.29, 0.717) is 5.02 Å². The Bertz CT molecular complexity index is 373. The van der Waals surface area contributed by atoms with Crippen LogP contribution in [0.15, 0.2) is 18.2 Å². The third-order valence-electron chi connectivity index (χ3n) is 1.60. The molecule has 1 aromatic rings. The molecule has 0 saturated heterocycles. The first kappa shape index (κ1) is 12.6. The van der Waals surface area contributed by atoms with Crippen LogP contribution in [0.2, 0.25) is 5.02 Å². The summed E-state index contributed by atoms with van der Waals surface area (Å²) in [4.78, 5) is 11.3. The van der Waals surface area contributed by atoms with Crippen molar-refractivity contribution in [3.8, 4) is 0 Å². The van der Waals surface area contributed by atoms with E-state index in [1.54, 1.807) is 6.07 Å². The summed E-state index contributed by atoms with van der Waals surface area (Å²) in [6.07, 6.45) is -2.55. The van der Waals surface area contributed by atoms with Gasteiger partial charge in [-0.3, -0.25) is 4.79 Å². The van der Waals surface area contributed by atoms with Gasteiger partial charge in [-0.25, -0.2) is 8.78 Å². The van der Waals surface area contributed by atoms with Crippen molar-refractivity contribution < 1.29 is 13.6 Å². The topological polar surface area (TPSA) is 29.1 Å². The van der Waals surface area contributed by atoms with Crippen LogP contribution in [0.25, 0.3) is 0 Å². The zero-order valence-corrected chi connectivity index (χ0v) is 10.4. The van der Waals surface area contributed by atoms with Crippen LogP contribution in [0, 0.1) is 3.57 Å². The lowest BCUT2D eigenvalue weighted by Crippen LogP contribution is -2.28. The van der Waals surface area contributed by atoms with E-state index in [1.807, 2.05) is 22.6 Å². The van der Waals surface area contributed by atoms with Gasteiger partial charge in [0.15, 0.2) is 0 Å². The molecule has 1 aromatic carbocycles. The fraction of sp³-hybridized carbons (Fsp3) is 0.222. The van der Waals surface area contributed by atoms with Crippen LogP contribution < -0.4 is 5.32 Å². The molecule has 0 fully saturated rings. The predicted octanol–water partition coefficient (Wildman–Crippen LogP) is 2.94. The summed E-state index contributed by atoms with van der Waals surface area (Å²) in [6.45, 7) is -0.650. The highest BCUT2D eigenvalue weighted by Gasteiger charge is 2.09. The predicted molar refractivity (Wildman–Crippen MR) is 62.5 cm³/mol. The maximum Gasteiger partial charge on any atom is 0.255 e. The monoisotopic (exact) mass is 345 g/mol. The molecule has 1 N–H and O–H groups in total. The SMILES string of the molecule is O=C(NCC(F)F)c1ccc(I)c(Cl)c1. The molecule has 15 heavy (non-hydrogen) atoms. The number of alkyl halides is 2. The largest absolute Gasteiger partial charge is 0.346 e. The normalized spacial score (nSPS) is 10.5. The second kappa shape index (κ2) is 5.60. The summed E-state index contributed by atoms with van der Waals surface area (Å²) < 4.78 is 24.4. The van der Waals surface area contributed by atoms with Crippen molar-refractivity contribution >= 4 is 40.1 Å². The number of amides is 1. The second-order valence-corrected chi connectivity index (χ2v) is 4.30. The minimum Gasteiger partial charge on any atom is -0.346 e. The first-order valence-electron chi connectivity index (χ1n) is 4.02. The summed E-state index contributed by atoms with van der Waals surface area (Å²) in [6, 6.07) is 4.64. The lowest BCUT2D eigenvalue weighted by Gasteiger charge is -2.05. The summed E-state index contributed by atoms with van der Waals surface area (Å²) in [5.74, 6) is -0.548. The molecule has 0 saturated carbocycles. The van der Waals surface area contributed by atoms with Crippen molar-refractivity contribution in [3.05, 3.63) is 32.4 Å². The molecule has 0 aromatic heterocycles. The Morgan fingerprint density at radius 3 is 2.73 bits per heavy atom. The first-order chi connectivity index (χ1) is 7.00. The van der Waals surface area contributed by atoms with Crippen LogP contribution in [0.5, 0.6) is 0 Å². The van der Waals surface area contributed by atoms with E-state index in [-0.39, 0.29) is 5.56 Å². The van der Waals surface area contributed by atoms with Gasteiger partial charge in [0.1, 0.15) is 0 Å². The molecular formula is C9H7ClF2INO. The molecule has 1 rings (SSSR count). The standard InChI is InChI=1S/C9H7ClF2INO/c10-6-3-5(1-2-7(6)13)9(15)14-4-8(11)12/h1-3,8H,4H2,(H,14,15). The summed E-state index contributed by atoms with van der Waals surface area (Å²) in [5.41, 5.74) is 0.279. The third kappa shape index (κ3) is 3.90. The second-order valence-electron chi connectivity index (χ2n) is 2.73. The average Bonchev–Trinajstić information content (AvgIpc) is 2.18. The van der Waals surface area contributed by atoms with E-state index in [2.05, 4.69) is 5.32 Å². The van der Waals surface area contributed by atoms with Gasteiger partial charge in [-0.05, 0) is 40.8 Å². The van der Waals surface area contributed by atoms with Gasteiger partial charge in [-0.15, -0.1) is 0 Å². The van der Waals surface area contributed by atoms with Crippen LogP contribution in [0.4, 0.5) is 8.78 Å². The van der Waals surface area contributed by atoms with Crippen LogP contribution in [0.3, 0.4) is 0 Å². The fourth-order valence-corrected chi connectivity index (χ4v) is 1.43. The van der Waals surface area contributed by atoms with Gasteiger partial charge in [0.2, 0.25) is 0 Å². The van der Waals surface area contributed by atoms with E-state index >= 15 is 0 Å². The lowest BCUT2D eigenvalue weighted by atomic mass is 10.2. The minimum atomic E-state index is -2.55. The summed E-state index contributed by atoms with van der Waals surface area (Å²) in [5, 5.41) is 2.53. The molecular weight excluding hydrogens is 338 g/mol. The molecule has 2 nitrogen and oxygen atoms in total. The van der Waals surface area contributed by atoms with Crippen molar-refractivity contribution in [1.29, 1.82) is 0 Å². The molecule has 6 heteroatoms. The number of carbonyl (C=O) groups is 1. The van der Waals surface area contributed by atoms with E-state index in [9.17, 15) is 13.6 Å². The van der Waals surface area contributed by atoms with Gasteiger partial charge in [0.05, 0.1) is 11.6 Å². The Balaban J connectivity index is 2.70. The molecule has 0 unspecified atom stereocenters. The zero-order valence-electron chi connectivity index (χ0n) is 7.44. The Morgan fingerprint density at radius 1 is 1.53 bits per heavy atom. The average molecular weight is 346 g/mol. The Hall–Kier alpha value is -0.430. The van der Waals surface area contributed by atoms with Gasteiger partial charge >= 0.3 is 0 Å². The van der Waals surface area contributed by atoms with Crippen molar-refractivity contribution in [3.63, 3.8) is 0 Å². The van der Waals surface area contributed by atoms with E-state index < -0.39 is 18.9 Å². The molecule has 0 radical (unpaired) electrons. The molecule has 0 heterocycles. The summed E-state index contributed by atoms with van der Waals surface area (Å²) >= 11 is 7.80. The Morgan fingerprint density at radius 2 is 2.20 bits per heavy atom. The number of hydrogen-bond acceptors (Lipinski definition) is 1. The van der Waals surface area contributed by atoms with Gasteiger partial charge in [-0.1, -0.05) is 11.6 Å². The smallest absolute Gasteiger partial charge is 0.255 e. The van der Waals surface area contributed by atoms with Crippen molar-refractivity contribution in [2.45, 2.75) is 6.43 Å². The lowest BCUT2D eigenvalue weighted by molar-refractivity contribution is 0.0891. The molecule has 0 spiro atoms. The number of rotatable bonds is 3. The van der Waals surface area contributed by atoms with Crippen LogP contribution >= 0.6 is 34.2 Å². The molecule has 82 valence electrons. The van der Waals surface area contributed by atoms with Gasteiger partial charge in [0, 0.05) is 9.13 Å². The molecule has 0 aliphatic carbocycles. The maximum atomic E-state index is 11.8. The summed E-state index contributed by atoms with van der Waals surface area (Å²) in [7, 11) is 0. The highest BCUT2D eigenvalue weighted by Crippen LogP contribution is 2.19. The quantitative estimate of drug-likeness (QED) is 0.839. The molecule has 0 aliphatic heterocycles. The highest BCUT2D eigenvalue weighted by atomic mass is 127. The third-order valence-corrected chi connectivity index (χ3v) is 3.17. The number of halogens is 4. The molecule has 0 aliphatic rings. The van der Waals surface area contributed by atoms with Gasteiger partial charge in [0.25, 0.3) is 12.3 Å². The van der Waals surface area contributed by atoms with E-state index in [0.717, 1.165) is 3.57 Å². The number of hydrogen-bond donors (Lipinski definition) is 1. The molecule has 1 amide bonds. The van der Waals surface area contributed by atoms with Crippen molar-refractivity contribution in [2.24, 2.45) is 0 Å². The van der Waals surface area contributed by atoms with E-state index in [4.69, 9.17) is 11.6 Å². The minimum absolute atomic E-state index is 0.279. The number of carbonyl (C=O) groups excluding carboxylic acids is 1. The fourth-order valence-electron chi connectivity index (χ4n) is 0.909. The number of nitrogens with one attached hydrogen (secondary N) is 1. The zero-order chi connectivity index (χ0) is 11.4. The van der Waals surface area contributed by atoms with Crippen molar-refractivity contribution in [2.75, 3.05) is 6.54 Å². The molecule has 0 atom stereocenters. The Labute approximate surface area is 104 Å². The maximum absolute atomic E-state index is 11.8. The van der Waals surface area contributed by atoms with Crippen LogP contribution in [-0.2, 0) is 0 Å². The Kier molecular flexibility index (Phi) is 4.72. The first-order valence-corrected chi connectivity index (χ1v) is 5.48.